The summed E-state index contributed by atoms with van der Waals surface area (Å²) in [6.45, 7) is 1.61. The van der Waals surface area contributed by atoms with E-state index in [2.05, 4.69) is 20.9 Å². The molecule has 30 heavy (non-hydrogen) atoms. The van der Waals surface area contributed by atoms with Crippen molar-refractivity contribution in [1.82, 2.24) is 10.3 Å². The number of thiazole rings is 1. The Morgan fingerprint density at radius 1 is 1.07 bits per heavy atom. The van der Waals surface area contributed by atoms with Gasteiger partial charge in [0.25, 0.3) is 5.91 Å². The second-order valence-electron chi connectivity index (χ2n) is 6.31. The molecule has 0 aliphatic heterocycles. The number of anilines is 2. The zero-order valence-electron chi connectivity index (χ0n) is 15.7. The van der Waals surface area contributed by atoms with Crippen LogP contribution in [-0.4, -0.2) is 16.0 Å². The quantitative estimate of drug-likeness (QED) is 0.451. The van der Waals surface area contributed by atoms with Crippen LogP contribution in [0.2, 0.25) is 0 Å². The summed E-state index contributed by atoms with van der Waals surface area (Å²) >= 11 is 6.55. The van der Waals surface area contributed by atoms with E-state index in [-0.39, 0.29) is 16.6 Å². The molecule has 5 nitrogen and oxygen atoms in total. The maximum Gasteiger partial charge on any atom is 0.416 e. The topological polar surface area (TPSA) is 66.0 Å². The van der Waals surface area contributed by atoms with Crippen molar-refractivity contribution >= 4 is 45.9 Å². The van der Waals surface area contributed by atoms with Crippen molar-refractivity contribution in [3.63, 3.8) is 0 Å². The molecule has 0 bridgehead atoms. The van der Waals surface area contributed by atoms with Crippen molar-refractivity contribution in [2.75, 3.05) is 10.6 Å². The van der Waals surface area contributed by atoms with Crippen molar-refractivity contribution in [2.45, 2.75) is 19.1 Å². The molecule has 3 N–H and O–H groups in total. The van der Waals surface area contributed by atoms with Crippen LogP contribution in [0, 0.1) is 0 Å². The van der Waals surface area contributed by atoms with Crippen molar-refractivity contribution in [3.8, 4) is 0 Å². The number of nitrogens with one attached hydrogen (secondary N) is 3. The van der Waals surface area contributed by atoms with Crippen LogP contribution in [0.15, 0.2) is 59.4 Å². The zero-order valence-corrected chi connectivity index (χ0v) is 17.3. The maximum atomic E-state index is 13.2. The average Bonchev–Trinajstić information content (AvgIpc) is 3.24. The Morgan fingerprint density at radius 2 is 1.70 bits per heavy atom. The number of nitrogens with zero attached hydrogens (tertiary/aromatic N) is 1. The van der Waals surface area contributed by atoms with Crippen LogP contribution in [0.4, 0.5) is 24.5 Å². The zero-order chi connectivity index (χ0) is 21.7. The predicted octanol–water partition coefficient (Wildman–Crippen LogP) is 5.46. The number of hydrogen-bond acceptors (Lipinski definition) is 4. The summed E-state index contributed by atoms with van der Waals surface area (Å²) in [5, 5.41) is 10.3. The van der Waals surface area contributed by atoms with E-state index in [1.54, 1.807) is 48.1 Å². The Balaban J connectivity index is 1.59. The Bertz CT molecular complexity index is 1020. The molecule has 0 aliphatic carbocycles. The third-order valence-electron chi connectivity index (χ3n) is 4.15. The molecular formula is C20H17F3N4OS2. The fourth-order valence-corrected chi connectivity index (χ4v) is 3.56. The van der Waals surface area contributed by atoms with Gasteiger partial charge >= 0.3 is 6.18 Å². The number of thiocarbonyl (C=S) groups is 1. The van der Waals surface area contributed by atoms with E-state index in [1.165, 1.54) is 23.5 Å². The van der Waals surface area contributed by atoms with Crippen LogP contribution >= 0.6 is 23.6 Å². The van der Waals surface area contributed by atoms with E-state index >= 15 is 0 Å². The molecule has 156 valence electrons. The fraction of sp³-hybridized carbons (Fsp3) is 0.150. The van der Waals surface area contributed by atoms with E-state index < -0.39 is 17.8 Å². The molecule has 1 atom stereocenters. The molecule has 3 rings (SSSR count). The number of halogens is 3. The molecule has 1 unspecified atom stereocenters. The second-order valence-corrected chi connectivity index (χ2v) is 7.44. The standard InChI is InChI=1S/C20H17F3N4OS2/c1-12(15-4-2-3-5-16(15)20(21,22)23)25-19(29)27-14-8-6-13(7-9-14)26-18(28)17-10-30-11-24-17/h2-12H,1H3,(H,26,28)(H2,25,27,29). The minimum Gasteiger partial charge on any atom is -0.356 e. The van der Waals surface area contributed by atoms with Crippen LogP contribution in [0.5, 0.6) is 0 Å². The lowest BCUT2D eigenvalue weighted by atomic mass is 10.0. The number of carbonyl (C=O) groups excluding carboxylic acids is 1. The van der Waals surface area contributed by atoms with E-state index in [9.17, 15) is 18.0 Å². The largest absolute Gasteiger partial charge is 0.416 e. The minimum atomic E-state index is -4.44. The molecule has 0 aliphatic rings. The van der Waals surface area contributed by atoms with E-state index in [1.807, 2.05) is 0 Å². The van der Waals surface area contributed by atoms with Gasteiger partial charge in [-0.2, -0.15) is 13.2 Å². The summed E-state index contributed by atoms with van der Waals surface area (Å²) in [5.74, 6) is -0.314. The van der Waals surface area contributed by atoms with Crippen LogP contribution in [0.3, 0.4) is 0 Å². The number of rotatable bonds is 5. The number of aromatic nitrogens is 1. The van der Waals surface area contributed by atoms with Crippen LogP contribution < -0.4 is 16.0 Å². The maximum absolute atomic E-state index is 13.2. The van der Waals surface area contributed by atoms with Crippen molar-refractivity contribution < 1.29 is 18.0 Å². The van der Waals surface area contributed by atoms with Crippen LogP contribution in [0.1, 0.15) is 34.6 Å². The van der Waals surface area contributed by atoms with Gasteiger partial charge < -0.3 is 16.0 Å². The molecule has 10 heteroatoms. The van der Waals surface area contributed by atoms with Gasteiger partial charge in [-0.15, -0.1) is 11.3 Å². The van der Waals surface area contributed by atoms with Crippen molar-refractivity contribution in [2.24, 2.45) is 0 Å². The summed E-state index contributed by atoms with van der Waals surface area (Å²) in [6, 6.07) is 11.5. The average molecular weight is 451 g/mol. The van der Waals surface area contributed by atoms with E-state index in [4.69, 9.17) is 12.2 Å². The lowest BCUT2D eigenvalue weighted by Crippen LogP contribution is -2.32. The van der Waals surface area contributed by atoms with Crippen LogP contribution in [-0.2, 0) is 6.18 Å². The predicted molar refractivity (Wildman–Crippen MR) is 116 cm³/mol. The summed E-state index contributed by atoms with van der Waals surface area (Å²) in [4.78, 5) is 15.9. The molecule has 1 aromatic heterocycles. The minimum absolute atomic E-state index is 0.106. The second kappa shape index (κ2) is 9.23. The third kappa shape index (κ3) is 5.55. The van der Waals surface area contributed by atoms with Gasteiger partial charge in [0.05, 0.1) is 17.1 Å². The van der Waals surface area contributed by atoms with Crippen molar-refractivity contribution in [3.05, 3.63) is 76.2 Å². The summed E-state index contributed by atoms with van der Waals surface area (Å²) in [6.07, 6.45) is -4.44. The molecule has 0 radical (unpaired) electrons. The summed E-state index contributed by atoms with van der Waals surface area (Å²) in [7, 11) is 0. The Labute approximate surface area is 180 Å². The molecule has 1 heterocycles. The summed E-state index contributed by atoms with van der Waals surface area (Å²) in [5.41, 5.74) is 2.51. The monoisotopic (exact) mass is 450 g/mol. The number of carbonyl (C=O) groups is 1. The highest BCUT2D eigenvalue weighted by Gasteiger charge is 2.34. The Kier molecular flexibility index (Phi) is 6.68. The molecular weight excluding hydrogens is 433 g/mol. The first-order valence-electron chi connectivity index (χ1n) is 8.77. The highest BCUT2D eigenvalue weighted by Crippen LogP contribution is 2.34. The highest BCUT2D eigenvalue weighted by molar-refractivity contribution is 7.80. The summed E-state index contributed by atoms with van der Waals surface area (Å²) < 4.78 is 39.6. The number of alkyl halides is 3. The van der Waals surface area contributed by atoms with Crippen molar-refractivity contribution in [1.29, 1.82) is 0 Å². The molecule has 0 spiro atoms. The Morgan fingerprint density at radius 3 is 2.30 bits per heavy atom. The molecule has 0 saturated carbocycles. The van der Waals surface area contributed by atoms with E-state index in [0.717, 1.165) is 6.07 Å². The Hall–Kier alpha value is -2.98. The molecule has 3 aromatic rings. The van der Waals surface area contributed by atoms with Gasteiger partial charge in [0.1, 0.15) is 5.69 Å². The molecule has 1 amide bonds. The fourth-order valence-electron chi connectivity index (χ4n) is 2.73. The van der Waals surface area contributed by atoms with E-state index in [0.29, 0.717) is 17.1 Å². The molecule has 2 aromatic carbocycles. The first-order chi connectivity index (χ1) is 14.2. The van der Waals surface area contributed by atoms with Gasteiger partial charge in [-0.3, -0.25) is 4.79 Å². The van der Waals surface area contributed by atoms with Crippen LogP contribution in [0.25, 0.3) is 0 Å². The number of amides is 1. The van der Waals surface area contributed by atoms with Gasteiger partial charge in [0.2, 0.25) is 0 Å². The lowest BCUT2D eigenvalue weighted by Gasteiger charge is -2.21. The SMILES string of the molecule is CC(NC(=S)Nc1ccc(NC(=O)c2cscn2)cc1)c1ccccc1C(F)(F)F. The number of benzene rings is 2. The highest BCUT2D eigenvalue weighted by atomic mass is 32.1. The third-order valence-corrected chi connectivity index (χ3v) is 4.95. The van der Waals surface area contributed by atoms with Gasteiger partial charge in [-0.05, 0) is 55.0 Å². The van der Waals surface area contributed by atoms with Gasteiger partial charge in [0, 0.05) is 16.8 Å². The lowest BCUT2D eigenvalue weighted by molar-refractivity contribution is -0.138. The smallest absolute Gasteiger partial charge is 0.356 e. The molecule has 0 saturated heterocycles. The number of hydrogen-bond donors (Lipinski definition) is 3. The van der Waals surface area contributed by atoms with Gasteiger partial charge in [0.15, 0.2) is 5.11 Å². The first kappa shape index (κ1) is 21.7. The van der Waals surface area contributed by atoms with Gasteiger partial charge in [-0.25, -0.2) is 4.98 Å². The molecule has 0 fully saturated rings. The first-order valence-corrected chi connectivity index (χ1v) is 10.1. The van der Waals surface area contributed by atoms with Gasteiger partial charge in [-0.1, -0.05) is 18.2 Å². The normalized spacial score (nSPS) is 12.1.